The number of carbonyl (C=O) groups is 1. The maximum absolute atomic E-state index is 12.3. The maximum Gasteiger partial charge on any atom is 0.326 e. The van der Waals surface area contributed by atoms with E-state index in [0.717, 1.165) is 11.0 Å². The molecule has 1 heterocycles. The number of ether oxygens (including phenoxy) is 2. The molecule has 1 aromatic heterocycles. The van der Waals surface area contributed by atoms with Gasteiger partial charge in [-0.05, 0) is 30.7 Å². The highest BCUT2D eigenvalue weighted by Gasteiger charge is 2.10. The summed E-state index contributed by atoms with van der Waals surface area (Å²) in [7, 11) is 3.07. The summed E-state index contributed by atoms with van der Waals surface area (Å²) in [5.74, 6) is 0.896. The zero-order chi connectivity index (χ0) is 18.5. The molecule has 0 fully saturated rings. The van der Waals surface area contributed by atoms with Crippen LogP contribution in [0.25, 0.3) is 11.0 Å². The van der Waals surface area contributed by atoms with Gasteiger partial charge in [0, 0.05) is 24.7 Å². The molecule has 0 aliphatic rings. The molecule has 0 saturated carbocycles. The van der Waals surface area contributed by atoms with E-state index in [2.05, 4.69) is 10.3 Å². The summed E-state index contributed by atoms with van der Waals surface area (Å²) in [4.78, 5) is 27.2. The Bertz CT molecular complexity index is 952. The molecule has 0 radical (unpaired) electrons. The first-order chi connectivity index (χ1) is 12.6. The van der Waals surface area contributed by atoms with Gasteiger partial charge in [-0.2, -0.15) is 0 Å². The maximum atomic E-state index is 12.3. The minimum absolute atomic E-state index is 0.143. The normalized spacial score (nSPS) is 10.7. The Morgan fingerprint density at radius 2 is 1.81 bits per heavy atom. The van der Waals surface area contributed by atoms with Crippen molar-refractivity contribution in [3.63, 3.8) is 0 Å². The molecule has 0 saturated heterocycles. The highest BCUT2D eigenvalue weighted by atomic mass is 16.5. The van der Waals surface area contributed by atoms with Crippen molar-refractivity contribution < 1.29 is 14.3 Å². The monoisotopic (exact) mass is 355 g/mol. The summed E-state index contributed by atoms with van der Waals surface area (Å²) < 4.78 is 12.0. The lowest BCUT2D eigenvalue weighted by molar-refractivity contribution is 0.0952. The Hall–Kier alpha value is -3.22. The molecule has 26 heavy (non-hydrogen) atoms. The highest BCUT2D eigenvalue weighted by molar-refractivity contribution is 5.95. The predicted octanol–water partition coefficient (Wildman–Crippen LogP) is 2.17. The quantitative estimate of drug-likeness (QED) is 0.636. The summed E-state index contributed by atoms with van der Waals surface area (Å²) >= 11 is 0. The van der Waals surface area contributed by atoms with Crippen molar-refractivity contribution in [1.82, 2.24) is 14.9 Å². The van der Waals surface area contributed by atoms with Crippen LogP contribution in [0.5, 0.6) is 11.5 Å². The van der Waals surface area contributed by atoms with Gasteiger partial charge in [0.05, 0.1) is 25.3 Å². The van der Waals surface area contributed by atoms with Gasteiger partial charge in [-0.15, -0.1) is 0 Å². The number of aryl methyl sites for hydroxylation is 1. The van der Waals surface area contributed by atoms with E-state index in [1.54, 1.807) is 22.8 Å². The number of hydrogen-bond acceptors (Lipinski definition) is 4. The number of H-pyrrole nitrogens is 1. The summed E-state index contributed by atoms with van der Waals surface area (Å²) in [5, 5.41) is 2.86. The van der Waals surface area contributed by atoms with Crippen LogP contribution < -0.4 is 20.5 Å². The molecule has 0 aliphatic heterocycles. The van der Waals surface area contributed by atoms with E-state index in [1.807, 2.05) is 24.3 Å². The van der Waals surface area contributed by atoms with E-state index >= 15 is 0 Å². The summed E-state index contributed by atoms with van der Waals surface area (Å²) in [6.45, 7) is 0.967. The van der Waals surface area contributed by atoms with Crippen LogP contribution in [0.4, 0.5) is 0 Å². The summed E-state index contributed by atoms with van der Waals surface area (Å²) in [5.41, 5.74) is 1.99. The fourth-order valence-electron chi connectivity index (χ4n) is 2.81. The zero-order valence-electron chi connectivity index (χ0n) is 14.7. The van der Waals surface area contributed by atoms with Crippen molar-refractivity contribution in [3.8, 4) is 11.5 Å². The van der Waals surface area contributed by atoms with Gasteiger partial charge in [0.1, 0.15) is 11.5 Å². The number of aromatic amines is 1. The second-order valence-corrected chi connectivity index (χ2v) is 5.81. The van der Waals surface area contributed by atoms with Crippen molar-refractivity contribution in [2.45, 2.75) is 13.0 Å². The molecule has 0 bridgehead atoms. The lowest BCUT2D eigenvalue weighted by Crippen LogP contribution is -2.26. The number of amides is 1. The Labute approximate surface area is 150 Å². The van der Waals surface area contributed by atoms with Crippen LogP contribution in [0, 0.1) is 0 Å². The fraction of sp³-hybridized carbons (Fsp3) is 0.263. The van der Waals surface area contributed by atoms with E-state index in [1.165, 1.54) is 14.2 Å². The molecule has 0 aliphatic carbocycles. The lowest BCUT2D eigenvalue weighted by Gasteiger charge is -2.09. The van der Waals surface area contributed by atoms with Crippen LogP contribution in [-0.2, 0) is 6.54 Å². The number of hydrogen-bond donors (Lipinski definition) is 2. The fourth-order valence-corrected chi connectivity index (χ4v) is 2.81. The Morgan fingerprint density at radius 1 is 1.12 bits per heavy atom. The van der Waals surface area contributed by atoms with Gasteiger partial charge in [-0.1, -0.05) is 12.1 Å². The summed E-state index contributed by atoms with van der Waals surface area (Å²) in [6, 6.07) is 12.6. The third-order valence-electron chi connectivity index (χ3n) is 4.14. The van der Waals surface area contributed by atoms with E-state index < -0.39 is 0 Å². The van der Waals surface area contributed by atoms with Crippen LogP contribution in [0.2, 0.25) is 0 Å². The van der Waals surface area contributed by atoms with Crippen molar-refractivity contribution in [2.75, 3.05) is 20.8 Å². The lowest BCUT2D eigenvalue weighted by atomic mass is 10.2. The highest BCUT2D eigenvalue weighted by Crippen LogP contribution is 2.22. The number of aromatic nitrogens is 2. The van der Waals surface area contributed by atoms with E-state index in [4.69, 9.17) is 9.47 Å². The van der Waals surface area contributed by atoms with E-state index in [0.29, 0.717) is 36.6 Å². The van der Waals surface area contributed by atoms with Crippen LogP contribution in [0.3, 0.4) is 0 Å². The zero-order valence-corrected chi connectivity index (χ0v) is 14.7. The molecule has 7 heteroatoms. The van der Waals surface area contributed by atoms with Gasteiger partial charge in [-0.3, -0.25) is 9.36 Å². The molecule has 0 unspecified atom stereocenters. The number of imidazole rings is 1. The number of fused-ring (bicyclic) bond motifs is 1. The molecule has 1 amide bonds. The molecule has 2 N–H and O–H groups in total. The predicted molar refractivity (Wildman–Crippen MR) is 99.1 cm³/mol. The average Bonchev–Trinajstić information content (AvgIpc) is 2.99. The van der Waals surface area contributed by atoms with Gasteiger partial charge in [0.15, 0.2) is 0 Å². The molecule has 3 rings (SSSR count). The van der Waals surface area contributed by atoms with Gasteiger partial charge in [0.2, 0.25) is 0 Å². The molecule has 3 aromatic rings. The van der Waals surface area contributed by atoms with Crippen molar-refractivity contribution in [2.24, 2.45) is 0 Å². The largest absolute Gasteiger partial charge is 0.497 e. The van der Waals surface area contributed by atoms with Crippen LogP contribution in [0.15, 0.2) is 47.3 Å². The first kappa shape index (κ1) is 17.6. The Balaban J connectivity index is 1.60. The standard InChI is InChI=1S/C19H21N3O4/c1-25-14-10-13(11-15(12-14)26-2)18(23)20-8-5-9-22-17-7-4-3-6-16(17)21-19(22)24/h3-4,6-7,10-12H,5,8-9H2,1-2H3,(H,20,23)(H,21,24). The number of nitrogens with zero attached hydrogens (tertiary/aromatic N) is 1. The minimum Gasteiger partial charge on any atom is -0.497 e. The van der Waals surface area contributed by atoms with Gasteiger partial charge >= 0.3 is 5.69 Å². The van der Waals surface area contributed by atoms with Gasteiger partial charge in [-0.25, -0.2) is 4.79 Å². The number of methoxy groups -OCH3 is 2. The number of nitrogens with one attached hydrogen (secondary N) is 2. The molecular formula is C19H21N3O4. The van der Waals surface area contributed by atoms with Crippen molar-refractivity contribution in [1.29, 1.82) is 0 Å². The van der Waals surface area contributed by atoms with Crippen molar-refractivity contribution in [3.05, 3.63) is 58.5 Å². The Kier molecular flexibility index (Phi) is 5.26. The van der Waals surface area contributed by atoms with Crippen molar-refractivity contribution >= 4 is 16.9 Å². The third-order valence-corrected chi connectivity index (χ3v) is 4.14. The van der Waals surface area contributed by atoms with Crippen LogP contribution >= 0.6 is 0 Å². The second-order valence-electron chi connectivity index (χ2n) is 5.81. The van der Waals surface area contributed by atoms with E-state index in [9.17, 15) is 9.59 Å². The molecule has 0 atom stereocenters. The number of carbonyl (C=O) groups excluding carboxylic acids is 1. The second kappa shape index (κ2) is 7.77. The van der Waals surface area contributed by atoms with Gasteiger partial charge < -0.3 is 19.8 Å². The number of rotatable bonds is 7. The van der Waals surface area contributed by atoms with Crippen LogP contribution in [0.1, 0.15) is 16.8 Å². The molecule has 2 aromatic carbocycles. The first-order valence-electron chi connectivity index (χ1n) is 8.31. The molecular weight excluding hydrogens is 334 g/mol. The number of benzene rings is 2. The van der Waals surface area contributed by atoms with Gasteiger partial charge in [0.25, 0.3) is 5.91 Å². The number of para-hydroxylation sites is 2. The topological polar surface area (TPSA) is 85.3 Å². The van der Waals surface area contributed by atoms with E-state index in [-0.39, 0.29) is 11.6 Å². The molecule has 7 nitrogen and oxygen atoms in total. The minimum atomic E-state index is -0.214. The smallest absolute Gasteiger partial charge is 0.326 e. The third kappa shape index (κ3) is 3.72. The van der Waals surface area contributed by atoms with Crippen LogP contribution in [-0.4, -0.2) is 36.2 Å². The Morgan fingerprint density at radius 3 is 2.50 bits per heavy atom. The molecule has 0 spiro atoms. The molecule has 136 valence electrons. The first-order valence-corrected chi connectivity index (χ1v) is 8.31. The SMILES string of the molecule is COc1cc(OC)cc(C(=O)NCCCn2c(=O)[nH]c3ccccc32)c1. The summed E-state index contributed by atoms with van der Waals surface area (Å²) in [6.07, 6.45) is 0.634. The average molecular weight is 355 g/mol.